The van der Waals surface area contributed by atoms with Gasteiger partial charge in [-0.05, 0) is 43.4 Å². The molecule has 12 nitrogen and oxygen atoms in total. The molecule has 0 bridgehead atoms. The third-order valence-corrected chi connectivity index (χ3v) is 8.08. The Morgan fingerprint density at radius 3 is 2.65 bits per heavy atom. The molecule has 0 unspecified atom stereocenters. The van der Waals surface area contributed by atoms with E-state index in [4.69, 9.17) is 9.97 Å². The lowest BCUT2D eigenvalue weighted by atomic mass is 10.1. The Morgan fingerprint density at radius 1 is 1.10 bits per heavy atom. The van der Waals surface area contributed by atoms with Crippen molar-refractivity contribution in [3.63, 3.8) is 0 Å². The van der Waals surface area contributed by atoms with Crippen LogP contribution in [0.1, 0.15) is 43.0 Å². The predicted molar refractivity (Wildman–Crippen MR) is 151 cm³/mol. The number of nitrogens with zero attached hydrogens (tertiary/aromatic N) is 6. The maximum absolute atomic E-state index is 11.1. The zero-order valence-electron chi connectivity index (χ0n) is 22.6. The fraction of sp³-hybridized carbons (Fsp3) is 0.500. The summed E-state index contributed by atoms with van der Waals surface area (Å²) in [4.78, 5) is 14.2. The standard InChI is InChI=1S/C28H37N9O3/c1-2-17-12-31-37(14-17)22-11-21(24(39)25(22)40)36-16-30-23-26(32-20(15-38)10-18-6-4-3-5-7-18)34-28(35-27(23)36)33-19-8-9-29-13-19/h3-7,12,14,16,19-22,24-25,29,38-40H,2,8-11,13,15H2,1H3,(H2,32,33,34,35)/t19-,20+,21-,22+,24+,25-/m1/s1. The van der Waals surface area contributed by atoms with Gasteiger partial charge < -0.3 is 35.8 Å². The molecule has 2 aliphatic rings. The lowest BCUT2D eigenvalue weighted by Crippen LogP contribution is -2.30. The second-order valence-corrected chi connectivity index (χ2v) is 10.8. The molecule has 6 N–H and O–H groups in total. The van der Waals surface area contributed by atoms with Gasteiger partial charge in [-0.2, -0.15) is 15.1 Å². The molecule has 1 saturated heterocycles. The smallest absolute Gasteiger partial charge is 0.227 e. The minimum atomic E-state index is -1.03. The minimum Gasteiger partial charge on any atom is -0.394 e. The van der Waals surface area contributed by atoms with Crippen molar-refractivity contribution in [2.24, 2.45) is 0 Å². The van der Waals surface area contributed by atoms with Crippen LogP contribution in [0.4, 0.5) is 11.8 Å². The topological polar surface area (TPSA) is 158 Å². The maximum Gasteiger partial charge on any atom is 0.227 e. The van der Waals surface area contributed by atoms with Gasteiger partial charge >= 0.3 is 0 Å². The Labute approximate surface area is 232 Å². The normalized spacial score (nSPS) is 25.4. The van der Waals surface area contributed by atoms with Gasteiger partial charge in [0.25, 0.3) is 0 Å². The zero-order valence-corrected chi connectivity index (χ0v) is 22.6. The molecular formula is C28H37N9O3. The minimum absolute atomic E-state index is 0.0881. The number of nitrogens with one attached hydrogen (secondary N) is 3. The molecule has 1 aliphatic carbocycles. The van der Waals surface area contributed by atoms with Gasteiger partial charge in [-0.25, -0.2) is 4.98 Å². The van der Waals surface area contributed by atoms with E-state index in [1.165, 1.54) is 0 Å². The number of hydrogen-bond donors (Lipinski definition) is 6. The summed E-state index contributed by atoms with van der Waals surface area (Å²) in [5, 5.41) is 46.9. The summed E-state index contributed by atoms with van der Waals surface area (Å²) in [6, 6.07) is 9.06. The molecule has 2 fully saturated rings. The molecular weight excluding hydrogens is 510 g/mol. The number of imidazole rings is 1. The lowest BCUT2D eigenvalue weighted by molar-refractivity contribution is 0.00721. The molecule has 6 rings (SSSR count). The first kappa shape index (κ1) is 26.6. The Hall–Kier alpha value is -3.58. The SMILES string of the molecule is CCc1cnn([C@H]2C[C@@H](n3cnc4c(N[C@H](CO)Cc5ccccc5)nc(N[C@@H]5CCNC5)nc43)[C@H](O)[C@@H]2O)c1. The van der Waals surface area contributed by atoms with Crippen LogP contribution in [0.5, 0.6) is 0 Å². The van der Waals surface area contributed by atoms with Crippen molar-refractivity contribution in [2.75, 3.05) is 30.3 Å². The average molecular weight is 548 g/mol. The molecule has 1 saturated carbocycles. The summed E-state index contributed by atoms with van der Waals surface area (Å²) in [6.45, 7) is 3.71. The number of hydrogen-bond acceptors (Lipinski definition) is 10. The number of rotatable bonds is 10. The number of aromatic nitrogens is 6. The van der Waals surface area contributed by atoms with Crippen molar-refractivity contribution >= 4 is 22.9 Å². The maximum atomic E-state index is 11.1. The number of fused-ring (bicyclic) bond motifs is 1. The average Bonchev–Trinajstić information content (AvgIpc) is 3.78. The summed E-state index contributed by atoms with van der Waals surface area (Å²) in [6.07, 6.45) is 6.24. The molecule has 1 aliphatic heterocycles. The molecule has 12 heteroatoms. The van der Waals surface area contributed by atoms with E-state index in [1.54, 1.807) is 17.2 Å². The fourth-order valence-corrected chi connectivity index (χ4v) is 5.80. The molecule has 40 heavy (non-hydrogen) atoms. The Kier molecular flexibility index (Phi) is 7.65. The monoisotopic (exact) mass is 547 g/mol. The van der Waals surface area contributed by atoms with Crippen molar-refractivity contribution in [2.45, 2.75) is 69.0 Å². The van der Waals surface area contributed by atoms with Gasteiger partial charge in [0.2, 0.25) is 5.95 Å². The van der Waals surface area contributed by atoms with E-state index < -0.39 is 18.2 Å². The molecule has 1 aromatic carbocycles. The van der Waals surface area contributed by atoms with Crippen molar-refractivity contribution in [3.05, 3.63) is 60.2 Å². The van der Waals surface area contributed by atoms with Crippen LogP contribution in [0, 0.1) is 0 Å². The van der Waals surface area contributed by atoms with Gasteiger partial charge in [-0.1, -0.05) is 37.3 Å². The molecule has 0 spiro atoms. The quantitative estimate of drug-likeness (QED) is 0.171. The second kappa shape index (κ2) is 11.5. The number of benzene rings is 1. The molecule has 212 valence electrons. The van der Waals surface area contributed by atoms with Crippen molar-refractivity contribution in [1.29, 1.82) is 0 Å². The van der Waals surface area contributed by atoms with E-state index in [2.05, 4.69) is 33.0 Å². The van der Waals surface area contributed by atoms with Gasteiger partial charge in [-0.15, -0.1) is 0 Å². The Bertz CT molecular complexity index is 1420. The third kappa shape index (κ3) is 5.27. The van der Waals surface area contributed by atoms with Crippen LogP contribution in [-0.2, 0) is 12.8 Å². The van der Waals surface area contributed by atoms with Crippen LogP contribution >= 0.6 is 0 Å². The molecule has 4 heterocycles. The third-order valence-electron chi connectivity index (χ3n) is 8.08. The Morgan fingerprint density at radius 2 is 1.93 bits per heavy atom. The lowest BCUT2D eigenvalue weighted by Gasteiger charge is -2.20. The summed E-state index contributed by atoms with van der Waals surface area (Å²) in [7, 11) is 0. The molecule has 3 aromatic heterocycles. The first-order chi connectivity index (χ1) is 19.5. The first-order valence-corrected chi connectivity index (χ1v) is 14.1. The van der Waals surface area contributed by atoms with Crippen LogP contribution in [0.15, 0.2) is 49.1 Å². The summed E-state index contributed by atoms with van der Waals surface area (Å²) < 4.78 is 3.59. The molecule has 0 radical (unpaired) electrons. The van der Waals surface area contributed by atoms with Crippen LogP contribution in [-0.4, -0.2) is 88.6 Å². The predicted octanol–water partition coefficient (Wildman–Crippen LogP) is 1.28. The number of aliphatic hydroxyl groups excluding tert-OH is 3. The van der Waals surface area contributed by atoms with Gasteiger partial charge in [0, 0.05) is 18.8 Å². The van der Waals surface area contributed by atoms with E-state index >= 15 is 0 Å². The van der Waals surface area contributed by atoms with E-state index in [1.807, 2.05) is 41.1 Å². The largest absolute Gasteiger partial charge is 0.394 e. The van der Waals surface area contributed by atoms with Gasteiger partial charge in [0.05, 0.1) is 37.3 Å². The van der Waals surface area contributed by atoms with Crippen LogP contribution < -0.4 is 16.0 Å². The zero-order chi connectivity index (χ0) is 27.6. The highest BCUT2D eigenvalue weighted by Gasteiger charge is 2.44. The van der Waals surface area contributed by atoms with Gasteiger partial charge in [-0.3, -0.25) is 4.68 Å². The van der Waals surface area contributed by atoms with Crippen molar-refractivity contribution in [1.82, 2.24) is 34.6 Å². The van der Waals surface area contributed by atoms with E-state index in [9.17, 15) is 15.3 Å². The molecule has 4 aromatic rings. The number of aryl methyl sites for hydroxylation is 1. The fourth-order valence-electron chi connectivity index (χ4n) is 5.80. The van der Waals surface area contributed by atoms with E-state index in [-0.39, 0.29) is 24.7 Å². The van der Waals surface area contributed by atoms with E-state index in [0.29, 0.717) is 35.8 Å². The van der Waals surface area contributed by atoms with Crippen LogP contribution in [0.25, 0.3) is 11.2 Å². The molecule has 6 atom stereocenters. The van der Waals surface area contributed by atoms with Gasteiger partial charge in [0.1, 0.15) is 12.2 Å². The Balaban J connectivity index is 1.33. The number of aliphatic hydroxyl groups is 3. The van der Waals surface area contributed by atoms with E-state index in [0.717, 1.165) is 37.1 Å². The second-order valence-electron chi connectivity index (χ2n) is 10.8. The van der Waals surface area contributed by atoms with Gasteiger partial charge in [0.15, 0.2) is 17.0 Å². The van der Waals surface area contributed by atoms with Crippen LogP contribution in [0.2, 0.25) is 0 Å². The summed E-state index contributed by atoms with van der Waals surface area (Å²) in [5.41, 5.74) is 3.26. The van der Waals surface area contributed by atoms with Crippen LogP contribution in [0.3, 0.4) is 0 Å². The summed E-state index contributed by atoms with van der Waals surface area (Å²) >= 11 is 0. The highest BCUT2D eigenvalue weighted by Crippen LogP contribution is 2.40. The van der Waals surface area contributed by atoms with Crippen molar-refractivity contribution < 1.29 is 15.3 Å². The molecule has 0 amide bonds. The first-order valence-electron chi connectivity index (χ1n) is 14.1. The highest BCUT2D eigenvalue weighted by molar-refractivity contribution is 5.84. The van der Waals surface area contributed by atoms with Crippen molar-refractivity contribution in [3.8, 4) is 0 Å². The number of anilines is 2. The highest BCUT2D eigenvalue weighted by atomic mass is 16.3. The summed E-state index contributed by atoms with van der Waals surface area (Å²) in [5.74, 6) is 0.961.